The molecule has 216 valence electrons. The molecule has 39 heavy (non-hydrogen) atoms. The Morgan fingerprint density at radius 3 is 2.64 bits per heavy atom. The van der Waals surface area contributed by atoms with E-state index < -0.39 is 27.9 Å². The first-order chi connectivity index (χ1) is 18.3. The highest BCUT2D eigenvalue weighted by atomic mass is 32.2. The summed E-state index contributed by atoms with van der Waals surface area (Å²) >= 11 is 0.832. The van der Waals surface area contributed by atoms with E-state index >= 15 is 0 Å². The maximum atomic E-state index is 12.9. The lowest BCUT2D eigenvalue weighted by molar-refractivity contribution is -0.106. The standard InChI is InChI=1S/C24H33F3N6O4S2/c1-5-7-10-37-22(34)21-29-31-23(38-21)30-28-18-11-16-8-9-17(6-2)33(13-15(3)4)20(16)12-19(18)32-39(35,36)14-24(25,26)27/h11-12,15,17,32H,5-10,13-14H2,1-4H3. The molecule has 0 radical (unpaired) electrons. The van der Waals surface area contributed by atoms with Crippen LogP contribution in [0.2, 0.25) is 0 Å². The van der Waals surface area contributed by atoms with Crippen molar-refractivity contribution in [2.45, 2.75) is 72.0 Å². The Hall–Kier alpha value is -2.81. The van der Waals surface area contributed by atoms with Crippen LogP contribution in [0.5, 0.6) is 0 Å². The maximum absolute atomic E-state index is 12.9. The number of unbranched alkanes of at least 4 members (excludes halogenated alkanes) is 1. The molecule has 1 aromatic heterocycles. The van der Waals surface area contributed by atoms with Crippen LogP contribution in [0.25, 0.3) is 0 Å². The van der Waals surface area contributed by atoms with Crippen LogP contribution >= 0.6 is 11.3 Å². The predicted molar refractivity (Wildman–Crippen MR) is 144 cm³/mol. The minimum atomic E-state index is -4.92. The Balaban J connectivity index is 1.98. The van der Waals surface area contributed by atoms with Crippen molar-refractivity contribution in [2.24, 2.45) is 16.1 Å². The van der Waals surface area contributed by atoms with Crippen molar-refractivity contribution >= 4 is 49.5 Å². The van der Waals surface area contributed by atoms with E-state index in [-0.39, 0.29) is 34.2 Å². The number of halogens is 3. The molecule has 3 rings (SSSR count). The smallest absolute Gasteiger partial charge is 0.404 e. The zero-order valence-corrected chi connectivity index (χ0v) is 23.9. The zero-order chi connectivity index (χ0) is 28.8. The second kappa shape index (κ2) is 13.0. The largest absolute Gasteiger partial charge is 0.460 e. The number of carbonyl (C=O) groups excluding carboxylic acids is 1. The van der Waals surface area contributed by atoms with E-state index in [0.717, 1.165) is 41.9 Å². The number of aromatic nitrogens is 2. The fraction of sp³-hybridized carbons (Fsp3) is 0.625. The van der Waals surface area contributed by atoms with Crippen LogP contribution in [0.3, 0.4) is 0 Å². The molecule has 1 aliphatic rings. The van der Waals surface area contributed by atoms with Gasteiger partial charge in [0.05, 0.1) is 12.3 Å². The number of carbonyl (C=O) groups is 1. The fourth-order valence-corrected chi connectivity index (χ4v) is 5.78. The summed E-state index contributed by atoms with van der Waals surface area (Å²) in [6.07, 6.45) is -0.946. The number of hydrogen-bond donors (Lipinski definition) is 1. The van der Waals surface area contributed by atoms with Gasteiger partial charge in [-0.3, -0.25) is 4.72 Å². The lowest BCUT2D eigenvalue weighted by atomic mass is 9.92. The lowest BCUT2D eigenvalue weighted by Crippen LogP contribution is -2.41. The number of nitrogens with zero attached hydrogens (tertiary/aromatic N) is 5. The summed E-state index contributed by atoms with van der Waals surface area (Å²) < 4.78 is 70.8. The van der Waals surface area contributed by atoms with Crippen LogP contribution < -0.4 is 9.62 Å². The summed E-state index contributed by atoms with van der Waals surface area (Å²) in [6.45, 7) is 9.09. The third kappa shape index (κ3) is 8.85. The molecule has 10 nitrogen and oxygen atoms in total. The first-order valence-corrected chi connectivity index (χ1v) is 15.2. The lowest BCUT2D eigenvalue weighted by Gasteiger charge is -2.40. The number of esters is 1. The van der Waals surface area contributed by atoms with Gasteiger partial charge >= 0.3 is 12.1 Å². The Labute approximate surface area is 230 Å². The van der Waals surface area contributed by atoms with Gasteiger partial charge in [0.25, 0.3) is 5.13 Å². The number of benzene rings is 1. The predicted octanol–water partition coefficient (Wildman–Crippen LogP) is 6.40. The number of fused-ring (bicyclic) bond motifs is 1. The molecule has 0 bridgehead atoms. The first-order valence-electron chi connectivity index (χ1n) is 12.7. The van der Waals surface area contributed by atoms with Gasteiger partial charge in [0, 0.05) is 18.3 Å². The normalized spacial score (nSPS) is 16.1. The Morgan fingerprint density at radius 1 is 1.26 bits per heavy atom. The minimum absolute atomic E-state index is 0.00624. The van der Waals surface area contributed by atoms with Crippen molar-refractivity contribution in [3.8, 4) is 0 Å². The Bertz CT molecular complexity index is 1280. The van der Waals surface area contributed by atoms with Crippen LogP contribution in [0.15, 0.2) is 22.4 Å². The number of alkyl halides is 3. The van der Waals surface area contributed by atoms with Crippen molar-refractivity contribution in [2.75, 3.05) is 28.5 Å². The fourth-order valence-electron chi connectivity index (χ4n) is 4.22. The molecule has 0 saturated carbocycles. The van der Waals surface area contributed by atoms with E-state index in [0.29, 0.717) is 25.3 Å². The molecular weight excluding hydrogens is 557 g/mol. The van der Waals surface area contributed by atoms with Gasteiger partial charge in [-0.1, -0.05) is 45.5 Å². The molecular formula is C24H33F3N6O4S2. The molecule has 2 heterocycles. The van der Waals surface area contributed by atoms with E-state index in [2.05, 4.69) is 50.8 Å². The average Bonchev–Trinajstić information content (AvgIpc) is 3.30. The van der Waals surface area contributed by atoms with Gasteiger partial charge in [-0.25, -0.2) is 13.2 Å². The van der Waals surface area contributed by atoms with E-state index in [1.807, 2.05) is 6.92 Å². The SMILES string of the molecule is CCCCOC(=O)c1nnc(N=Nc2cc3c(cc2NS(=O)(=O)CC(F)(F)F)N(CC(C)C)C(CC)CC3)s1. The molecule has 1 atom stereocenters. The third-order valence-corrected chi connectivity index (χ3v) is 7.94. The van der Waals surface area contributed by atoms with E-state index in [4.69, 9.17) is 4.74 Å². The van der Waals surface area contributed by atoms with Crippen molar-refractivity contribution in [3.63, 3.8) is 0 Å². The highest BCUT2D eigenvalue weighted by Crippen LogP contribution is 2.41. The minimum Gasteiger partial charge on any atom is -0.460 e. The molecule has 1 aromatic carbocycles. The quantitative estimate of drug-likeness (QED) is 0.172. The zero-order valence-electron chi connectivity index (χ0n) is 22.3. The summed E-state index contributed by atoms with van der Waals surface area (Å²) in [5.74, 6) is -2.39. The van der Waals surface area contributed by atoms with Crippen LogP contribution in [0.4, 0.5) is 35.4 Å². The van der Waals surface area contributed by atoms with Crippen LogP contribution in [0, 0.1) is 5.92 Å². The maximum Gasteiger partial charge on any atom is 0.404 e. The van der Waals surface area contributed by atoms with Crippen molar-refractivity contribution in [3.05, 3.63) is 22.7 Å². The molecule has 0 saturated heterocycles. The topological polar surface area (TPSA) is 126 Å². The van der Waals surface area contributed by atoms with Crippen LogP contribution in [0.1, 0.15) is 68.7 Å². The molecule has 1 aliphatic heterocycles. The number of anilines is 2. The molecule has 0 fully saturated rings. The highest BCUT2D eigenvalue weighted by Gasteiger charge is 2.36. The Morgan fingerprint density at radius 2 is 2.00 bits per heavy atom. The van der Waals surface area contributed by atoms with E-state index in [1.54, 1.807) is 6.07 Å². The van der Waals surface area contributed by atoms with Gasteiger partial charge in [0.1, 0.15) is 5.69 Å². The summed E-state index contributed by atoms with van der Waals surface area (Å²) in [4.78, 5) is 14.3. The molecule has 0 aliphatic carbocycles. The highest BCUT2D eigenvalue weighted by molar-refractivity contribution is 7.92. The third-order valence-electron chi connectivity index (χ3n) is 5.91. The second-order valence-corrected chi connectivity index (χ2v) is 12.4. The summed E-state index contributed by atoms with van der Waals surface area (Å²) in [7, 11) is -4.78. The van der Waals surface area contributed by atoms with Gasteiger partial charge < -0.3 is 9.64 Å². The molecule has 1 N–H and O–H groups in total. The van der Waals surface area contributed by atoms with Crippen molar-refractivity contribution in [1.82, 2.24) is 10.2 Å². The molecule has 0 amide bonds. The van der Waals surface area contributed by atoms with Gasteiger partial charge in [0.2, 0.25) is 15.0 Å². The first kappa shape index (κ1) is 30.7. The van der Waals surface area contributed by atoms with E-state index in [1.165, 1.54) is 6.07 Å². The van der Waals surface area contributed by atoms with Crippen molar-refractivity contribution in [1.29, 1.82) is 0 Å². The molecule has 0 spiro atoms. The van der Waals surface area contributed by atoms with Gasteiger partial charge in [0.15, 0.2) is 5.75 Å². The number of nitrogens with one attached hydrogen (secondary N) is 1. The van der Waals surface area contributed by atoms with Gasteiger partial charge in [-0.15, -0.1) is 20.4 Å². The monoisotopic (exact) mass is 590 g/mol. The van der Waals surface area contributed by atoms with Gasteiger partial charge in [-0.05, 0) is 49.3 Å². The summed E-state index contributed by atoms with van der Waals surface area (Å²) in [5.41, 5.74) is 1.53. The summed E-state index contributed by atoms with van der Waals surface area (Å²) in [6, 6.07) is 3.37. The molecule has 2 aromatic rings. The number of azo groups is 1. The van der Waals surface area contributed by atoms with Crippen LogP contribution in [-0.2, 0) is 21.2 Å². The molecule has 1 unspecified atom stereocenters. The van der Waals surface area contributed by atoms with Crippen LogP contribution in [-0.4, -0.2) is 55.7 Å². The number of aryl methyl sites for hydroxylation is 1. The van der Waals surface area contributed by atoms with E-state index in [9.17, 15) is 26.4 Å². The second-order valence-electron chi connectivity index (χ2n) is 9.70. The average molecular weight is 591 g/mol. The number of ether oxygens (including phenoxy) is 1. The number of sulfonamides is 1. The summed E-state index contributed by atoms with van der Waals surface area (Å²) in [5, 5.41) is 15.6. The molecule has 15 heteroatoms. The van der Waals surface area contributed by atoms with Gasteiger partial charge in [-0.2, -0.15) is 13.2 Å². The Kier molecular flexibility index (Phi) is 10.3. The number of hydrogen-bond acceptors (Lipinski definition) is 10. The van der Waals surface area contributed by atoms with Crippen molar-refractivity contribution < 1.29 is 31.1 Å². The number of rotatable bonds is 12.